The number of nitrogens with zero attached hydrogens (tertiary/aromatic N) is 1. The zero-order chi connectivity index (χ0) is 32.8. The fourth-order valence-corrected chi connectivity index (χ4v) is 6.74. The van der Waals surface area contributed by atoms with Crippen molar-refractivity contribution in [3.63, 3.8) is 0 Å². The molecule has 2 aromatic carbocycles. The molecule has 0 heterocycles. The van der Waals surface area contributed by atoms with Crippen molar-refractivity contribution in [1.29, 1.82) is 0 Å². The van der Waals surface area contributed by atoms with Crippen LogP contribution in [0.1, 0.15) is 71.1 Å². The number of amides is 3. The van der Waals surface area contributed by atoms with Gasteiger partial charge in [0.15, 0.2) is 11.0 Å². The van der Waals surface area contributed by atoms with Crippen molar-refractivity contribution < 1.29 is 18.6 Å². The first-order valence-electron chi connectivity index (χ1n) is 15.2. The summed E-state index contributed by atoms with van der Waals surface area (Å²) in [6.07, 6.45) is 5.28. The molecule has 2 aromatic rings. The van der Waals surface area contributed by atoms with Gasteiger partial charge in [0.1, 0.15) is 6.04 Å². The van der Waals surface area contributed by atoms with Crippen LogP contribution in [0.2, 0.25) is 0 Å². The number of anilines is 1. The maximum absolute atomic E-state index is 13.7. The number of nitrogens with two attached hydrogens (primary N) is 1. The van der Waals surface area contributed by atoms with E-state index in [0.29, 0.717) is 16.2 Å². The molecular formula is C34H49N5O4S. The number of carbonyl (C=O) groups excluding carboxylic acids is 3. The van der Waals surface area contributed by atoms with Gasteiger partial charge in [-0.1, -0.05) is 71.0 Å². The average molecular weight is 624 g/mol. The summed E-state index contributed by atoms with van der Waals surface area (Å²) in [4.78, 5) is 42.3. The van der Waals surface area contributed by atoms with Crippen molar-refractivity contribution in [2.24, 2.45) is 5.41 Å². The van der Waals surface area contributed by atoms with E-state index in [1.54, 1.807) is 39.2 Å². The zero-order valence-corrected chi connectivity index (χ0v) is 28.2. The van der Waals surface area contributed by atoms with Crippen molar-refractivity contribution >= 4 is 34.4 Å². The third kappa shape index (κ3) is 8.15. The van der Waals surface area contributed by atoms with Gasteiger partial charge in [0.25, 0.3) is 5.91 Å². The molecule has 3 unspecified atom stereocenters. The fraction of sp³-hybridized carbons (Fsp3) is 0.500. The van der Waals surface area contributed by atoms with E-state index in [2.05, 4.69) is 15.4 Å². The number of hydrogen-bond donors (Lipinski definition) is 4. The largest absolute Gasteiger partial charge is 0.398 e. The minimum absolute atomic E-state index is 0.134. The highest BCUT2D eigenvalue weighted by Gasteiger charge is 2.40. The number of rotatable bonds is 11. The van der Waals surface area contributed by atoms with Gasteiger partial charge in [-0.25, -0.2) is 4.21 Å². The zero-order valence-electron chi connectivity index (χ0n) is 27.4. The molecule has 0 fully saturated rings. The average Bonchev–Trinajstić information content (AvgIpc) is 2.98. The summed E-state index contributed by atoms with van der Waals surface area (Å²) >= 11 is 0. The Hall–Kier alpha value is -3.50. The van der Waals surface area contributed by atoms with Gasteiger partial charge in [0, 0.05) is 30.3 Å². The number of fused-ring (bicyclic) bond motifs is 1. The van der Waals surface area contributed by atoms with Gasteiger partial charge in [-0.15, -0.1) is 0 Å². The van der Waals surface area contributed by atoms with Crippen LogP contribution in [-0.4, -0.2) is 59.6 Å². The van der Waals surface area contributed by atoms with Gasteiger partial charge in [-0.05, 0) is 73.9 Å². The number of likely N-dealkylation sites (N-methyl/N-ethyl adjacent to an activating group) is 2. The van der Waals surface area contributed by atoms with Gasteiger partial charge in [-0.2, -0.15) is 0 Å². The van der Waals surface area contributed by atoms with E-state index in [4.69, 9.17) is 5.73 Å². The van der Waals surface area contributed by atoms with Crippen molar-refractivity contribution in [2.45, 2.75) is 89.6 Å². The normalized spacial score (nSPS) is 15.9. The first kappa shape index (κ1) is 35.0. The first-order valence-corrected chi connectivity index (χ1v) is 16.3. The Bertz CT molecular complexity index is 1410. The maximum atomic E-state index is 13.7. The third-order valence-corrected chi connectivity index (χ3v) is 9.66. The Morgan fingerprint density at radius 3 is 2.18 bits per heavy atom. The van der Waals surface area contributed by atoms with E-state index >= 15 is 0 Å². The van der Waals surface area contributed by atoms with Crippen molar-refractivity contribution in [3.8, 4) is 0 Å². The third-order valence-electron chi connectivity index (χ3n) is 8.51. The van der Waals surface area contributed by atoms with Crippen LogP contribution in [0.5, 0.6) is 0 Å². The second-order valence-corrected chi connectivity index (χ2v) is 14.4. The Morgan fingerprint density at radius 2 is 1.59 bits per heavy atom. The molecule has 0 radical (unpaired) electrons. The lowest BCUT2D eigenvalue weighted by Crippen LogP contribution is -2.60. The van der Waals surface area contributed by atoms with Gasteiger partial charge in [0.2, 0.25) is 11.8 Å². The standard InChI is InChI=1S/C34H49N5O4S/c1-22(30(40)38-44(43)27-19-18-26(35)24-16-12-13-17-25(24)27)20-21-39(8)32(42)29(33(2,3)4)37-31(41)28(36-7)34(5,6)23-14-10-9-11-15-23/h9-11,14-15,18-20,28-29,36H,12-13,16-17,21,35H2,1-8H3,(H,37,41)(H,38,40)/b22-20+. The monoisotopic (exact) mass is 623 g/mol. The highest BCUT2D eigenvalue weighted by atomic mass is 32.2. The maximum Gasteiger partial charge on any atom is 0.258 e. The van der Waals surface area contributed by atoms with Crippen LogP contribution in [0, 0.1) is 5.41 Å². The molecule has 0 bridgehead atoms. The summed E-state index contributed by atoms with van der Waals surface area (Å²) < 4.78 is 15.7. The molecule has 10 heteroatoms. The van der Waals surface area contributed by atoms with E-state index in [0.717, 1.165) is 42.4 Å². The molecule has 3 rings (SSSR count). The molecule has 0 saturated carbocycles. The van der Waals surface area contributed by atoms with Crippen molar-refractivity contribution in [1.82, 2.24) is 20.3 Å². The van der Waals surface area contributed by atoms with Crippen LogP contribution in [-0.2, 0) is 43.6 Å². The smallest absolute Gasteiger partial charge is 0.258 e. The minimum Gasteiger partial charge on any atom is -0.398 e. The predicted molar refractivity (Wildman–Crippen MR) is 177 cm³/mol. The Kier molecular flexibility index (Phi) is 11.5. The Morgan fingerprint density at radius 1 is 0.977 bits per heavy atom. The molecule has 0 aliphatic heterocycles. The van der Waals surface area contributed by atoms with E-state index < -0.39 is 39.8 Å². The van der Waals surface area contributed by atoms with Crippen LogP contribution < -0.4 is 21.1 Å². The second-order valence-electron chi connectivity index (χ2n) is 13.2. The van der Waals surface area contributed by atoms with Gasteiger partial charge in [0.05, 0.1) is 10.9 Å². The van der Waals surface area contributed by atoms with Crippen molar-refractivity contribution in [2.75, 3.05) is 26.4 Å². The van der Waals surface area contributed by atoms with E-state index in [1.165, 1.54) is 4.90 Å². The molecule has 5 N–H and O–H groups in total. The van der Waals surface area contributed by atoms with E-state index in [9.17, 15) is 18.6 Å². The molecule has 9 nitrogen and oxygen atoms in total. The summed E-state index contributed by atoms with van der Waals surface area (Å²) in [5, 5.41) is 6.15. The van der Waals surface area contributed by atoms with Gasteiger partial charge >= 0.3 is 0 Å². The molecule has 44 heavy (non-hydrogen) atoms. The molecule has 0 saturated heterocycles. The topological polar surface area (TPSA) is 134 Å². The number of hydrogen-bond acceptors (Lipinski definition) is 6. The summed E-state index contributed by atoms with van der Waals surface area (Å²) in [7, 11) is 1.64. The van der Waals surface area contributed by atoms with Gasteiger partial charge in [-0.3, -0.25) is 19.1 Å². The molecule has 240 valence electrons. The van der Waals surface area contributed by atoms with Crippen molar-refractivity contribution in [3.05, 3.63) is 70.8 Å². The van der Waals surface area contributed by atoms with Crippen LogP contribution in [0.15, 0.2) is 59.0 Å². The number of nitrogens with one attached hydrogen (secondary N) is 3. The predicted octanol–water partition coefficient (Wildman–Crippen LogP) is 3.79. The molecular weight excluding hydrogens is 574 g/mol. The quantitative estimate of drug-likeness (QED) is 0.222. The minimum atomic E-state index is -1.74. The lowest BCUT2D eigenvalue weighted by Gasteiger charge is -2.38. The van der Waals surface area contributed by atoms with Gasteiger partial charge < -0.3 is 21.3 Å². The summed E-state index contributed by atoms with van der Waals surface area (Å²) in [6.45, 7) is 11.5. The first-order chi connectivity index (χ1) is 20.6. The summed E-state index contributed by atoms with van der Waals surface area (Å²) in [5.41, 5.74) is 9.02. The molecule has 0 spiro atoms. The molecule has 1 aliphatic rings. The summed E-state index contributed by atoms with van der Waals surface area (Å²) in [5.74, 6) is -1.03. The van der Waals surface area contributed by atoms with Crippen LogP contribution >= 0.6 is 0 Å². The highest BCUT2D eigenvalue weighted by Crippen LogP contribution is 2.31. The molecule has 3 atom stereocenters. The van der Waals surface area contributed by atoms with E-state index in [1.807, 2.05) is 65.0 Å². The Labute approximate surface area is 265 Å². The van der Waals surface area contributed by atoms with E-state index in [-0.39, 0.29) is 18.4 Å². The summed E-state index contributed by atoms with van der Waals surface area (Å²) in [6, 6.07) is 11.9. The molecule has 0 aromatic heterocycles. The molecule has 1 aliphatic carbocycles. The number of benzene rings is 2. The number of nitrogen functional groups attached to an aromatic ring is 1. The lowest BCUT2D eigenvalue weighted by molar-refractivity contribution is -0.139. The highest BCUT2D eigenvalue weighted by molar-refractivity contribution is 7.83. The number of carbonyl (C=O) groups is 3. The fourth-order valence-electron chi connectivity index (χ4n) is 5.66. The Balaban J connectivity index is 1.69. The van der Waals surface area contributed by atoms with Crippen LogP contribution in [0.25, 0.3) is 0 Å². The van der Waals surface area contributed by atoms with Crippen LogP contribution in [0.4, 0.5) is 5.69 Å². The SMILES string of the molecule is CNC(C(=O)NC(C(=O)N(C)C/C=C(\C)C(=O)NS(=O)c1ccc(N)c2c1CCCC2)C(C)(C)C)C(C)(C)c1ccccc1. The van der Waals surface area contributed by atoms with Crippen LogP contribution in [0.3, 0.4) is 0 Å². The second kappa shape index (κ2) is 14.5. The lowest BCUT2D eigenvalue weighted by atomic mass is 9.76. The molecule has 3 amide bonds.